The minimum absolute atomic E-state index is 0.0727. The SMILES string of the molecule is CC(C)(C)N(NC(=O)Nc1cc(F)ccc1F)C(=O)c1cc(Cl)cc(OCCF)c1. The van der Waals surface area contributed by atoms with Gasteiger partial charge in [-0.05, 0) is 51.1 Å². The summed E-state index contributed by atoms with van der Waals surface area (Å²) in [5, 5.41) is 3.34. The van der Waals surface area contributed by atoms with Crippen molar-refractivity contribution in [1.82, 2.24) is 10.4 Å². The predicted molar refractivity (Wildman–Crippen MR) is 107 cm³/mol. The number of hydrogen-bond donors (Lipinski definition) is 2. The van der Waals surface area contributed by atoms with Gasteiger partial charge in [-0.15, -0.1) is 0 Å². The fourth-order valence-corrected chi connectivity index (χ4v) is 2.65. The number of nitrogens with one attached hydrogen (secondary N) is 2. The Morgan fingerprint density at radius 2 is 1.83 bits per heavy atom. The summed E-state index contributed by atoms with van der Waals surface area (Å²) in [4.78, 5) is 25.4. The molecule has 0 aromatic heterocycles. The van der Waals surface area contributed by atoms with Crippen LogP contribution >= 0.6 is 11.6 Å². The van der Waals surface area contributed by atoms with Gasteiger partial charge in [0.2, 0.25) is 0 Å². The van der Waals surface area contributed by atoms with Crippen molar-refractivity contribution >= 4 is 29.2 Å². The van der Waals surface area contributed by atoms with Crippen LogP contribution in [0.15, 0.2) is 36.4 Å². The van der Waals surface area contributed by atoms with Crippen LogP contribution in [0, 0.1) is 11.6 Å². The van der Waals surface area contributed by atoms with Gasteiger partial charge in [0.1, 0.15) is 30.7 Å². The molecule has 0 heterocycles. The minimum Gasteiger partial charge on any atom is -0.491 e. The van der Waals surface area contributed by atoms with E-state index < -0.39 is 41.5 Å². The molecule has 30 heavy (non-hydrogen) atoms. The van der Waals surface area contributed by atoms with E-state index in [1.54, 1.807) is 20.8 Å². The third-order valence-electron chi connectivity index (χ3n) is 3.73. The summed E-state index contributed by atoms with van der Waals surface area (Å²) in [6.45, 7) is 4.02. The van der Waals surface area contributed by atoms with Gasteiger partial charge < -0.3 is 10.1 Å². The van der Waals surface area contributed by atoms with Gasteiger partial charge in [-0.3, -0.25) is 4.79 Å². The molecule has 0 spiro atoms. The summed E-state index contributed by atoms with van der Waals surface area (Å²) in [6.07, 6.45) is 0. The zero-order valence-corrected chi connectivity index (χ0v) is 17.3. The average Bonchev–Trinajstić information content (AvgIpc) is 2.65. The number of ether oxygens (including phenoxy) is 1. The van der Waals surface area contributed by atoms with Crippen LogP contribution in [0.4, 0.5) is 23.7 Å². The molecule has 10 heteroatoms. The number of carbonyl (C=O) groups excluding carboxylic acids is 2. The fraction of sp³-hybridized carbons (Fsp3) is 0.300. The molecule has 0 aliphatic rings. The van der Waals surface area contributed by atoms with E-state index in [-0.39, 0.29) is 22.9 Å². The predicted octanol–water partition coefficient (Wildman–Crippen LogP) is 4.94. The molecule has 0 saturated heterocycles. The lowest BCUT2D eigenvalue weighted by molar-refractivity contribution is 0.0460. The molecule has 162 valence electrons. The van der Waals surface area contributed by atoms with Crippen molar-refractivity contribution in [3.63, 3.8) is 0 Å². The summed E-state index contributed by atoms with van der Waals surface area (Å²) in [5.41, 5.74) is 1.11. The Labute approximate surface area is 176 Å². The second kappa shape index (κ2) is 9.71. The maximum atomic E-state index is 13.8. The molecule has 6 nitrogen and oxygen atoms in total. The van der Waals surface area contributed by atoms with Crippen LogP contribution in [0.3, 0.4) is 0 Å². The number of amides is 3. The molecule has 0 radical (unpaired) electrons. The molecule has 3 amide bonds. The van der Waals surface area contributed by atoms with Crippen LogP contribution in [0.1, 0.15) is 31.1 Å². The van der Waals surface area contributed by atoms with Crippen LogP contribution in [0.5, 0.6) is 5.75 Å². The zero-order chi connectivity index (χ0) is 22.5. The third-order valence-corrected chi connectivity index (χ3v) is 3.95. The van der Waals surface area contributed by atoms with E-state index in [0.717, 1.165) is 23.2 Å². The van der Waals surface area contributed by atoms with E-state index in [0.29, 0.717) is 0 Å². The van der Waals surface area contributed by atoms with Gasteiger partial charge in [0, 0.05) is 16.7 Å². The first kappa shape index (κ1) is 23.3. The van der Waals surface area contributed by atoms with Crippen molar-refractivity contribution in [2.75, 3.05) is 18.6 Å². The first-order valence-corrected chi connectivity index (χ1v) is 9.25. The summed E-state index contributed by atoms with van der Waals surface area (Å²) in [6, 6.07) is 5.75. The maximum absolute atomic E-state index is 13.8. The van der Waals surface area contributed by atoms with Gasteiger partial charge >= 0.3 is 6.03 Å². The standard InChI is InChI=1S/C20H21ClF3N3O3/c1-20(2,3)27(26-19(29)25-17-11-14(23)4-5-16(17)24)18(28)12-8-13(21)10-15(9-12)30-7-6-22/h4-5,8-11H,6-7H2,1-3H3,(H2,25,26,29). The first-order valence-electron chi connectivity index (χ1n) is 8.88. The maximum Gasteiger partial charge on any atom is 0.338 e. The van der Waals surface area contributed by atoms with Crippen molar-refractivity contribution in [3.8, 4) is 5.75 Å². The van der Waals surface area contributed by atoms with Crippen LogP contribution in [0.25, 0.3) is 0 Å². The number of nitrogens with zero attached hydrogens (tertiary/aromatic N) is 1. The number of alkyl halides is 1. The summed E-state index contributed by atoms with van der Waals surface area (Å²) in [7, 11) is 0. The van der Waals surface area contributed by atoms with Crippen molar-refractivity contribution in [2.24, 2.45) is 0 Å². The van der Waals surface area contributed by atoms with Gasteiger partial charge in [-0.2, -0.15) is 0 Å². The van der Waals surface area contributed by atoms with Gasteiger partial charge in [-0.25, -0.2) is 28.4 Å². The Morgan fingerprint density at radius 1 is 1.13 bits per heavy atom. The van der Waals surface area contributed by atoms with Crippen molar-refractivity contribution in [3.05, 3.63) is 58.6 Å². The van der Waals surface area contributed by atoms with Crippen molar-refractivity contribution < 1.29 is 27.5 Å². The fourth-order valence-electron chi connectivity index (χ4n) is 2.42. The molecule has 0 atom stereocenters. The van der Waals surface area contributed by atoms with Gasteiger partial charge in [0.15, 0.2) is 0 Å². The molecule has 0 unspecified atom stereocenters. The number of rotatable bonds is 5. The van der Waals surface area contributed by atoms with E-state index in [2.05, 4.69) is 10.7 Å². The van der Waals surface area contributed by atoms with E-state index in [9.17, 15) is 22.8 Å². The normalized spacial score (nSPS) is 11.0. The lowest BCUT2D eigenvalue weighted by atomic mass is 10.1. The zero-order valence-electron chi connectivity index (χ0n) is 16.6. The lowest BCUT2D eigenvalue weighted by Gasteiger charge is -2.35. The molecule has 2 aromatic carbocycles. The molecular weight excluding hydrogens is 423 g/mol. The van der Waals surface area contributed by atoms with E-state index in [1.165, 1.54) is 18.2 Å². The Kier molecular flexibility index (Phi) is 7.55. The Bertz CT molecular complexity index is 935. The third kappa shape index (κ3) is 6.28. The van der Waals surface area contributed by atoms with E-state index in [1.807, 2.05) is 0 Å². The van der Waals surface area contributed by atoms with Crippen molar-refractivity contribution in [1.29, 1.82) is 0 Å². The van der Waals surface area contributed by atoms with Crippen LogP contribution < -0.4 is 15.5 Å². The molecule has 2 aromatic rings. The number of hydrogen-bond acceptors (Lipinski definition) is 3. The quantitative estimate of drug-likeness (QED) is 0.643. The highest BCUT2D eigenvalue weighted by molar-refractivity contribution is 6.31. The second-order valence-corrected chi connectivity index (χ2v) is 7.65. The monoisotopic (exact) mass is 443 g/mol. The van der Waals surface area contributed by atoms with Crippen LogP contribution in [-0.4, -0.2) is 35.8 Å². The van der Waals surface area contributed by atoms with E-state index in [4.69, 9.17) is 16.3 Å². The Balaban J connectivity index is 2.25. The molecule has 0 saturated carbocycles. The minimum atomic E-state index is -0.960. The number of halogens is 4. The molecule has 0 bridgehead atoms. The molecule has 0 fully saturated rings. The molecule has 0 aliphatic heterocycles. The molecule has 0 aliphatic carbocycles. The average molecular weight is 444 g/mol. The van der Waals surface area contributed by atoms with Gasteiger partial charge in [0.25, 0.3) is 5.91 Å². The number of urea groups is 1. The lowest BCUT2D eigenvalue weighted by Crippen LogP contribution is -2.56. The van der Waals surface area contributed by atoms with E-state index >= 15 is 0 Å². The topological polar surface area (TPSA) is 70.7 Å². The highest BCUT2D eigenvalue weighted by atomic mass is 35.5. The van der Waals surface area contributed by atoms with Crippen molar-refractivity contribution in [2.45, 2.75) is 26.3 Å². The smallest absolute Gasteiger partial charge is 0.338 e. The van der Waals surface area contributed by atoms with Crippen LogP contribution in [0.2, 0.25) is 5.02 Å². The van der Waals surface area contributed by atoms with Crippen LogP contribution in [-0.2, 0) is 0 Å². The summed E-state index contributed by atoms with van der Waals surface area (Å²) < 4.78 is 44.6. The number of benzene rings is 2. The summed E-state index contributed by atoms with van der Waals surface area (Å²) >= 11 is 6.02. The van der Waals surface area contributed by atoms with Gasteiger partial charge in [-0.1, -0.05) is 11.6 Å². The first-order chi connectivity index (χ1) is 14.0. The summed E-state index contributed by atoms with van der Waals surface area (Å²) in [5.74, 6) is -2.05. The highest BCUT2D eigenvalue weighted by Crippen LogP contribution is 2.24. The molecule has 2 rings (SSSR count). The Hall–Kier alpha value is -2.94. The number of carbonyl (C=O) groups is 2. The largest absolute Gasteiger partial charge is 0.491 e. The Morgan fingerprint density at radius 3 is 2.47 bits per heavy atom. The number of hydrazine groups is 1. The number of anilines is 1. The molecule has 2 N–H and O–H groups in total. The van der Waals surface area contributed by atoms with Gasteiger partial charge in [0.05, 0.1) is 11.2 Å². The molecular formula is C20H21ClF3N3O3. The second-order valence-electron chi connectivity index (χ2n) is 7.21. The highest BCUT2D eigenvalue weighted by Gasteiger charge is 2.30.